The van der Waals surface area contributed by atoms with Crippen molar-refractivity contribution in [3.63, 3.8) is 0 Å². The van der Waals surface area contributed by atoms with Crippen molar-refractivity contribution in [3.05, 3.63) is 29.8 Å². The molecule has 2 aromatic rings. The highest BCUT2D eigenvalue weighted by molar-refractivity contribution is 5.94. The van der Waals surface area contributed by atoms with Crippen LogP contribution in [0.3, 0.4) is 0 Å². The molecule has 4 fully saturated rings. The van der Waals surface area contributed by atoms with Gasteiger partial charge in [-0.3, -0.25) is 14.7 Å². The molecular formula is C27H31F4N5O4. The van der Waals surface area contributed by atoms with Crippen LogP contribution in [0.5, 0.6) is 5.88 Å². The van der Waals surface area contributed by atoms with E-state index < -0.39 is 23.5 Å². The number of fused-ring (bicyclic) bond motifs is 2. The Bertz CT molecular complexity index is 1280. The monoisotopic (exact) mass is 565 g/mol. The zero-order valence-electron chi connectivity index (χ0n) is 22.0. The van der Waals surface area contributed by atoms with Gasteiger partial charge in [-0.25, -0.2) is 9.37 Å². The molecule has 3 atom stereocenters. The molecule has 0 aromatic carbocycles. The summed E-state index contributed by atoms with van der Waals surface area (Å²) < 4.78 is 64.6. The zero-order valence-corrected chi connectivity index (χ0v) is 22.0. The molecule has 1 aliphatic carbocycles. The van der Waals surface area contributed by atoms with Crippen LogP contribution >= 0.6 is 0 Å². The number of hydrogen-bond donors (Lipinski definition) is 2. The van der Waals surface area contributed by atoms with Crippen molar-refractivity contribution in [2.75, 3.05) is 13.7 Å². The van der Waals surface area contributed by atoms with Gasteiger partial charge in [0, 0.05) is 35.7 Å². The Balaban J connectivity index is 1.06. The first kappa shape index (κ1) is 27.0. The smallest absolute Gasteiger partial charge is 0.396 e. The summed E-state index contributed by atoms with van der Waals surface area (Å²) in [6, 6.07) is 2.51. The van der Waals surface area contributed by atoms with E-state index in [1.165, 1.54) is 19.2 Å². The van der Waals surface area contributed by atoms with E-state index in [1.54, 1.807) is 4.90 Å². The van der Waals surface area contributed by atoms with Crippen LogP contribution in [0.1, 0.15) is 61.9 Å². The van der Waals surface area contributed by atoms with Crippen LogP contribution in [0, 0.1) is 17.7 Å². The third-order valence-electron chi connectivity index (χ3n) is 9.21. The van der Waals surface area contributed by atoms with E-state index in [0.29, 0.717) is 25.7 Å². The minimum Gasteiger partial charge on any atom is -0.481 e. The topological polar surface area (TPSA) is 109 Å². The molecule has 2 bridgehead atoms. The van der Waals surface area contributed by atoms with Gasteiger partial charge in [-0.05, 0) is 57.4 Å². The lowest BCUT2D eigenvalue weighted by Crippen LogP contribution is -2.62. The maximum absolute atomic E-state index is 14.3. The SMILES string of the molecule is COc1cc(-c2cc(C(=O)N3C4CCC3CC(C(=O)NC3CCC5(CC3)OCC5C(F)(F)F)C4)[nH]n2)c(F)cn1. The standard InChI is InChI=1S/C27H31F4N5O4/c1-39-23-10-18(19(28)12-32-23)20-11-21(35-34-20)25(38)36-16-2-3-17(36)9-14(8-16)24(37)33-15-4-6-26(7-5-15)22(13-40-26)27(29,30)31/h10-12,14-17,22H,2-9,13H2,1H3,(H,33,37)(H,34,35). The van der Waals surface area contributed by atoms with Crippen LogP contribution in [0.15, 0.2) is 18.3 Å². The van der Waals surface area contributed by atoms with Crippen molar-refractivity contribution >= 4 is 11.8 Å². The summed E-state index contributed by atoms with van der Waals surface area (Å²) in [7, 11) is 1.42. The minimum absolute atomic E-state index is 0.0993. The lowest BCUT2D eigenvalue weighted by molar-refractivity contribution is -0.326. The molecule has 1 spiro atoms. The number of hydrogen-bond acceptors (Lipinski definition) is 6. The van der Waals surface area contributed by atoms with Gasteiger partial charge in [0.15, 0.2) is 5.82 Å². The summed E-state index contributed by atoms with van der Waals surface area (Å²) in [6.07, 6.45) is 0.821. The molecule has 13 heteroatoms. The molecule has 6 rings (SSSR count). The Labute approximate surface area is 228 Å². The number of H-pyrrole nitrogens is 1. The number of carbonyl (C=O) groups excluding carboxylic acids is 2. The number of halogens is 4. The summed E-state index contributed by atoms with van der Waals surface area (Å²) in [5.74, 6) is -2.41. The van der Waals surface area contributed by atoms with Crippen molar-refractivity contribution in [3.8, 4) is 17.1 Å². The quantitative estimate of drug-likeness (QED) is 0.531. The zero-order chi connectivity index (χ0) is 28.2. The van der Waals surface area contributed by atoms with Crippen molar-refractivity contribution in [1.82, 2.24) is 25.4 Å². The largest absolute Gasteiger partial charge is 0.481 e. The highest BCUT2D eigenvalue weighted by Crippen LogP contribution is 2.51. The van der Waals surface area contributed by atoms with Crippen LogP contribution < -0.4 is 10.1 Å². The second kappa shape index (κ2) is 10.0. The highest BCUT2D eigenvalue weighted by atomic mass is 19.4. The normalized spacial score (nSPS) is 31.6. The van der Waals surface area contributed by atoms with Gasteiger partial charge >= 0.3 is 6.18 Å². The van der Waals surface area contributed by atoms with E-state index >= 15 is 0 Å². The van der Waals surface area contributed by atoms with Crippen molar-refractivity contribution in [2.45, 2.75) is 81.3 Å². The number of pyridine rings is 1. The summed E-state index contributed by atoms with van der Waals surface area (Å²) >= 11 is 0. The highest BCUT2D eigenvalue weighted by Gasteiger charge is 2.61. The second-order valence-corrected chi connectivity index (χ2v) is 11.4. The first-order valence-electron chi connectivity index (χ1n) is 13.7. The lowest BCUT2D eigenvalue weighted by atomic mass is 9.70. The summed E-state index contributed by atoms with van der Waals surface area (Å²) in [6.45, 7) is -0.282. The molecule has 216 valence electrons. The molecular weight excluding hydrogens is 534 g/mol. The van der Waals surface area contributed by atoms with Gasteiger partial charge in [-0.15, -0.1) is 0 Å². The third kappa shape index (κ3) is 4.71. The molecule has 2 N–H and O–H groups in total. The minimum atomic E-state index is -4.26. The number of ether oxygens (including phenoxy) is 2. The molecule has 5 heterocycles. The van der Waals surface area contributed by atoms with Crippen LogP contribution in [0.2, 0.25) is 0 Å². The van der Waals surface area contributed by atoms with Gasteiger partial charge in [-0.2, -0.15) is 18.3 Å². The molecule has 0 radical (unpaired) electrons. The van der Waals surface area contributed by atoms with Gasteiger partial charge in [0.2, 0.25) is 11.8 Å². The van der Waals surface area contributed by atoms with Crippen LogP contribution in [-0.2, 0) is 9.53 Å². The van der Waals surface area contributed by atoms with Crippen molar-refractivity contribution in [1.29, 1.82) is 0 Å². The van der Waals surface area contributed by atoms with Crippen LogP contribution in [-0.4, -0.2) is 75.5 Å². The van der Waals surface area contributed by atoms with Gasteiger partial charge in [-0.1, -0.05) is 0 Å². The summed E-state index contributed by atoms with van der Waals surface area (Å²) in [5, 5.41) is 9.91. The molecule has 4 aliphatic rings. The lowest BCUT2D eigenvalue weighted by Gasteiger charge is -2.53. The predicted octanol–water partition coefficient (Wildman–Crippen LogP) is 4.01. The number of alkyl halides is 3. The van der Waals surface area contributed by atoms with E-state index in [-0.39, 0.29) is 78.1 Å². The first-order chi connectivity index (χ1) is 19.1. The molecule has 1 saturated carbocycles. The fourth-order valence-electron chi connectivity index (χ4n) is 7.02. The Morgan fingerprint density at radius 3 is 2.45 bits per heavy atom. The Hall–Kier alpha value is -3.22. The van der Waals surface area contributed by atoms with Crippen molar-refractivity contribution in [2.24, 2.45) is 11.8 Å². The fraction of sp³-hybridized carbons (Fsp3) is 0.630. The Morgan fingerprint density at radius 2 is 1.85 bits per heavy atom. The first-order valence-corrected chi connectivity index (χ1v) is 13.7. The maximum atomic E-state index is 14.3. The Kier molecular flexibility index (Phi) is 6.75. The average Bonchev–Trinajstić information content (AvgIpc) is 3.50. The second-order valence-electron chi connectivity index (χ2n) is 11.4. The molecule has 40 heavy (non-hydrogen) atoms. The van der Waals surface area contributed by atoms with E-state index in [9.17, 15) is 27.2 Å². The van der Waals surface area contributed by atoms with E-state index in [0.717, 1.165) is 19.0 Å². The number of methoxy groups -OCH3 is 1. The van der Waals surface area contributed by atoms with Crippen molar-refractivity contribution < 1.29 is 36.6 Å². The molecule has 2 aromatic heterocycles. The number of rotatable bonds is 5. The molecule has 3 saturated heterocycles. The van der Waals surface area contributed by atoms with Gasteiger partial charge in [0.1, 0.15) is 11.6 Å². The van der Waals surface area contributed by atoms with E-state index in [4.69, 9.17) is 9.47 Å². The van der Waals surface area contributed by atoms with E-state index in [2.05, 4.69) is 20.5 Å². The van der Waals surface area contributed by atoms with Crippen LogP contribution in [0.25, 0.3) is 11.3 Å². The number of aromatic amines is 1. The van der Waals surface area contributed by atoms with Gasteiger partial charge in [0.25, 0.3) is 5.91 Å². The van der Waals surface area contributed by atoms with E-state index in [1.807, 2.05) is 0 Å². The molecule has 3 aliphatic heterocycles. The van der Waals surface area contributed by atoms with Crippen LogP contribution in [0.4, 0.5) is 17.6 Å². The van der Waals surface area contributed by atoms with Gasteiger partial charge < -0.3 is 19.7 Å². The number of nitrogens with one attached hydrogen (secondary N) is 2. The summed E-state index contributed by atoms with van der Waals surface area (Å²) in [4.78, 5) is 32.2. The molecule has 3 unspecified atom stereocenters. The number of aromatic nitrogens is 3. The third-order valence-corrected chi connectivity index (χ3v) is 9.21. The predicted molar refractivity (Wildman–Crippen MR) is 133 cm³/mol. The average molecular weight is 566 g/mol. The summed E-state index contributed by atoms with van der Waals surface area (Å²) in [5.41, 5.74) is -0.485. The number of piperidine rings is 1. The van der Waals surface area contributed by atoms with Gasteiger partial charge in [0.05, 0.1) is 31.2 Å². The number of carbonyl (C=O) groups is 2. The molecule has 9 nitrogen and oxygen atoms in total. The molecule has 2 amide bonds. The number of amides is 2. The number of nitrogens with zero attached hydrogens (tertiary/aromatic N) is 3. The maximum Gasteiger partial charge on any atom is 0.396 e. The fourth-order valence-corrected chi connectivity index (χ4v) is 7.02. The Morgan fingerprint density at radius 1 is 1.15 bits per heavy atom.